The van der Waals surface area contributed by atoms with Crippen LogP contribution in [0.5, 0.6) is 0 Å². The van der Waals surface area contributed by atoms with Crippen molar-refractivity contribution in [1.82, 2.24) is 9.55 Å². The number of fused-ring (bicyclic) bond motifs is 1. The summed E-state index contributed by atoms with van der Waals surface area (Å²) in [6.45, 7) is 1.87. The second-order valence-corrected chi connectivity index (χ2v) is 4.46. The second-order valence-electron chi connectivity index (χ2n) is 4.46. The minimum Gasteiger partial charge on any atom is -0.392 e. The Balaban J connectivity index is 2.26. The van der Waals surface area contributed by atoms with Crippen LogP contribution in [-0.2, 0) is 6.61 Å². The number of aliphatic hydroxyl groups excluding tert-OH is 1. The summed E-state index contributed by atoms with van der Waals surface area (Å²) in [7, 11) is 0. The Hall–Kier alpha value is -2.20. The number of hydrogen-bond donors (Lipinski definition) is 1. The quantitative estimate of drug-likeness (QED) is 0.765. The van der Waals surface area contributed by atoms with Crippen molar-refractivity contribution in [2.24, 2.45) is 0 Å². The lowest BCUT2D eigenvalue weighted by Crippen LogP contribution is -1.97. The van der Waals surface area contributed by atoms with Crippen LogP contribution in [0, 0.1) is 12.7 Å². The van der Waals surface area contributed by atoms with Crippen molar-refractivity contribution in [1.29, 1.82) is 0 Å². The van der Waals surface area contributed by atoms with Gasteiger partial charge >= 0.3 is 0 Å². The van der Waals surface area contributed by atoms with Gasteiger partial charge in [-0.3, -0.25) is 4.57 Å². The van der Waals surface area contributed by atoms with Crippen LogP contribution in [0.1, 0.15) is 11.4 Å². The van der Waals surface area contributed by atoms with Crippen molar-refractivity contribution in [3.63, 3.8) is 0 Å². The summed E-state index contributed by atoms with van der Waals surface area (Å²) in [5.74, 6) is 0.515. The first-order valence-corrected chi connectivity index (χ1v) is 6.04. The fourth-order valence-corrected chi connectivity index (χ4v) is 2.29. The molecule has 19 heavy (non-hydrogen) atoms. The predicted molar refractivity (Wildman–Crippen MR) is 71.7 cm³/mol. The molecule has 0 spiro atoms. The van der Waals surface area contributed by atoms with Crippen LogP contribution in [-0.4, -0.2) is 14.7 Å². The lowest BCUT2D eigenvalue weighted by atomic mass is 10.2. The third-order valence-corrected chi connectivity index (χ3v) is 3.14. The van der Waals surface area contributed by atoms with Gasteiger partial charge in [0.15, 0.2) is 0 Å². The summed E-state index contributed by atoms with van der Waals surface area (Å²) >= 11 is 0. The van der Waals surface area contributed by atoms with E-state index in [1.807, 2.05) is 35.8 Å². The molecule has 0 saturated heterocycles. The highest BCUT2D eigenvalue weighted by atomic mass is 19.1. The number of rotatable bonds is 2. The maximum atomic E-state index is 13.3. The predicted octanol–water partition coefficient (Wildman–Crippen LogP) is 2.97. The molecule has 0 aliphatic carbocycles. The number of halogens is 1. The molecule has 0 radical (unpaired) electrons. The Morgan fingerprint density at radius 2 is 2.05 bits per heavy atom. The maximum absolute atomic E-state index is 13.3. The van der Waals surface area contributed by atoms with Gasteiger partial charge in [-0.25, -0.2) is 9.37 Å². The average molecular weight is 256 g/mol. The van der Waals surface area contributed by atoms with Crippen molar-refractivity contribution in [2.75, 3.05) is 0 Å². The first-order valence-electron chi connectivity index (χ1n) is 6.04. The maximum Gasteiger partial charge on any atom is 0.125 e. The Labute approximate surface area is 109 Å². The average Bonchev–Trinajstić information content (AvgIpc) is 2.73. The summed E-state index contributed by atoms with van der Waals surface area (Å²) in [6.07, 6.45) is 0. The molecular weight excluding hydrogens is 243 g/mol. The monoisotopic (exact) mass is 256 g/mol. The van der Waals surface area contributed by atoms with Crippen molar-refractivity contribution >= 4 is 11.0 Å². The number of aryl methyl sites for hydroxylation is 1. The molecule has 3 nitrogen and oxygen atoms in total. The fraction of sp³-hybridized carbons (Fsp3) is 0.133. The van der Waals surface area contributed by atoms with Gasteiger partial charge in [0.1, 0.15) is 11.6 Å². The van der Waals surface area contributed by atoms with E-state index in [1.165, 1.54) is 12.1 Å². The van der Waals surface area contributed by atoms with Gasteiger partial charge in [-0.1, -0.05) is 12.1 Å². The number of aliphatic hydroxyl groups is 1. The zero-order valence-electron chi connectivity index (χ0n) is 10.5. The molecule has 1 aromatic heterocycles. The highest BCUT2D eigenvalue weighted by Gasteiger charge is 2.10. The van der Waals surface area contributed by atoms with Crippen LogP contribution >= 0.6 is 0 Å². The summed E-state index contributed by atoms with van der Waals surface area (Å²) < 4.78 is 15.2. The Kier molecular flexibility index (Phi) is 2.80. The fourth-order valence-electron chi connectivity index (χ4n) is 2.29. The number of hydrogen-bond acceptors (Lipinski definition) is 2. The lowest BCUT2D eigenvalue weighted by Gasteiger charge is -2.07. The molecule has 0 amide bonds. The Morgan fingerprint density at radius 3 is 2.79 bits per heavy atom. The van der Waals surface area contributed by atoms with Gasteiger partial charge in [0.25, 0.3) is 0 Å². The standard InChI is InChI=1S/C15H13FN2O/c1-10-17-14-7-11(9-19)5-6-15(14)18(10)13-4-2-3-12(16)8-13/h2-8,19H,9H2,1H3. The van der Waals surface area contributed by atoms with Crippen LogP contribution < -0.4 is 0 Å². The normalized spacial score (nSPS) is 11.1. The number of aromatic nitrogens is 2. The summed E-state index contributed by atoms with van der Waals surface area (Å²) in [4.78, 5) is 4.46. The molecular formula is C15H13FN2O. The molecule has 1 N–H and O–H groups in total. The highest BCUT2D eigenvalue weighted by Crippen LogP contribution is 2.22. The van der Waals surface area contributed by atoms with Crippen LogP contribution in [0.25, 0.3) is 16.7 Å². The minimum atomic E-state index is -0.272. The molecule has 3 aromatic rings. The number of imidazole rings is 1. The zero-order valence-corrected chi connectivity index (χ0v) is 10.5. The molecule has 96 valence electrons. The molecule has 2 aromatic carbocycles. The Bertz CT molecular complexity index is 749. The van der Waals surface area contributed by atoms with Crippen LogP contribution in [0.2, 0.25) is 0 Å². The van der Waals surface area contributed by atoms with Gasteiger partial charge in [0, 0.05) is 0 Å². The highest BCUT2D eigenvalue weighted by molar-refractivity contribution is 5.79. The largest absolute Gasteiger partial charge is 0.392 e. The van der Waals surface area contributed by atoms with E-state index >= 15 is 0 Å². The molecule has 0 atom stereocenters. The zero-order chi connectivity index (χ0) is 13.4. The summed E-state index contributed by atoms with van der Waals surface area (Å²) in [6, 6.07) is 12.0. The van der Waals surface area contributed by atoms with Crippen LogP contribution in [0.3, 0.4) is 0 Å². The molecule has 3 rings (SSSR count). The van der Waals surface area contributed by atoms with Crippen molar-refractivity contribution in [3.05, 3.63) is 59.7 Å². The molecule has 0 fully saturated rings. The van der Waals surface area contributed by atoms with Gasteiger partial charge in [-0.2, -0.15) is 0 Å². The topological polar surface area (TPSA) is 38.1 Å². The van der Waals surface area contributed by atoms with Crippen LogP contribution in [0.15, 0.2) is 42.5 Å². The van der Waals surface area contributed by atoms with E-state index in [-0.39, 0.29) is 12.4 Å². The van der Waals surface area contributed by atoms with E-state index in [2.05, 4.69) is 4.98 Å². The smallest absolute Gasteiger partial charge is 0.125 e. The van der Waals surface area contributed by atoms with E-state index < -0.39 is 0 Å². The second kappa shape index (κ2) is 4.48. The van der Waals surface area contributed by atoms with Crippen LogP contribution in [0.4, 0.5) is 4.39 Å². The summed E-state index contributed by atoms with van der Waals surface area (Å²) in [5.41, 5.74) is 3.27. The minimum absolute atomic E-state index is 0.0121. The van der Waals surface area contributed by atoms with E-state index in [4.69, 9.17) is 5.11 Å². The SMILES string of the molecule is Cc1nc2cc(CO)ccc2n1-c1cccc(F)c1. The molecule has 4 heteroatoms. The van der Waals surface area contributed by atoms with Gasteiger partial charge in [0.05, 0.1) is 23.3 Å². The number of nitrogens with zero attached hydrogens (tertiary/aromatic N) is 2. The lowest BCUT2D eigenvalue weighted by molar-refractivity contribution is 0.282. The third-order valence-electron chi connectivity index (χ3n) is 3.14. The molecule has 0 saturated carbocycles. The summed E-state index contributed by atoms with van der Waals surface area (Å²) in [5, 5.41) is 9.14. The molecule has 0 aliphatic rings. The van der Waals surface area contributed by atoms with E-state index in [1.54, 1.807) is 6.07 Å². The first kappa shape index (κ1) is 11.9. The van der Waals surface area contributed by atoms with Gasteiger partial charge in [-0.05, 0) is 42.8 Å². The number of benzene rings is 2. The molecule has 1 heterocycles. The van der Waals surface area contributed by atoms with E-state index in [0.717, 1.165) is 28.1 Å². The Morgan fingerprint density at radius 1 is 1.21 bits per heavy atom. The molecule has 0 bridgehead atoms. The van der Waals surface area contributed by atoms with Gasteiger partial charge in [0.2, 0.25) is 0 Å². The first-order chi connectivity index (χ1) is 9.19. The molecule has 0 unspecified atom stereocenters. The van der Waals surface area contributed by atoms with Crippen molar-refractivity contribution < 1.29 is 9.50 Å². The van der Waals surface area contributed by atoms with Crippen molar-refractivity contribution in [2.45, 2.75) is 13.5 Å². The van der Waals surface area contributed by atoms with E-state index in [9.17, 15) is 4.39 Å². The van der Waals surface area contributed by atoms with Gasteiger partial charge in [-0.15, -0.1) is 0 Å². The molecule has 0 aliphatic heterocycles. The van der Waals surface area contributed by atoms with Crippen molar-refractivity contribution in [3.8, 4) is 5.69 Å². The van der Waals surface area contributed by atoms with E-state index in [0.29, 0.717) is 0 Å². The van der Waals surface area contributed by atoms with Gasteiger partial charge < -0.3 is 5.11 Å². The third kappa shape index (κ3) is 2.00.